The Bertz CT molecular complexity index is 1010. The van der Waals surface area contributed by atoms with Crippen LogP contribution in [0.3, 0.4) is 0 Å². The minimum Gasteiger partial charge on any atom is -0.423 e. The zero-order valence-corrected chi connectivity index (χ0v) is 12.5. The fourth-order valence-corrected chi connectivity index (χ4v) is 3.16. The predicted octanol–water partition coefficient (Wildman–Crippen LogP) is 3.34. The molecule has 4 aromatic rings. The van der Waals surface area contributed by atoms with Crippen LogP contribution in [-0.4, -0.2) is 17.2 Å². The third-order valence-electron chi connectivity index (χ3n) is 4.26. The Hall–Kier alpha value is -2.62. The zero-order valence-electron chi connectivity index (χ0n) is 12.5. The van der Waals surface area contributed by atoms with Crippen LogP contribution < -0.4 is 5.46 Å². The van der Waals surface area contributed by atoms with Crippen LogP contribution in [0.4, 0.5) is 0 Å². The van der Waals surface area contributed by atoms with Gasteiger partial charge in [0.2, 0.25) is 0 Å². The quantitative estimate of drug-likeness (QED) is 0.440. The Morgan fingerprint density at radius 2 is 1.30 bits per heavy atom. The summed E-state index contributed by atoms with van der Waals surface area (Å²) in [5.41, 5.74) is 2.58. The molecule has 2 nitrogen and oxygen atoms in total. The standard InChI is InChI=1S/C20H15BO2/c22-21(23)16-8-5-7-14(12-16)20-13-15-6-1-2-9-17(15)18-10-3-4-11-19(18)20/h1-13,22-23H. The molecule has 0 amide bonds. The lowest BCUT2D eigenvalue weighted by atomic mass is 9.78. The molecule has 3 heteroatoms. The average molecular weight is 298 g/mol. The van der Waals surface area contributed by atoms with Crippen molar-refractivity contribution in [2.45, 2.75) is 0 Å². The molecule has 23 heavy (non-hydrogen) atoms. The fraction of sp³-hybridized carbons (Fsp3) is 0. The summed E-state index contributed by atoms with van der Waals surface area (Å²) in [4.78, 5) is 0. The van der Waals surface area contributed by atoms with Gasteiger partial charge in [0.25, 0.3) is 0 Å². The highest BCUT2D eigenvalue weighted by Crippen LogP contribution is 2.34. The van der Waals surface area contributed by atoms with Crippen LogP contribution in [-0.2, 0) is 0 Å². The molecule has 4 rings (SSSR count). The second-order valence-corrected chi connectivity index (χ2v) is 5.69. The normalized spacial score (nSPS) is 11.0. The minimum atomic E-state index is -1.46. The highest BCUT2D eigenvalue weighted by atomic mass is 16.4. The second-order valence-electron chi connectivity index (χ2n) is 5.69. The van der Waals surface area contributed by atoms with E-state index in [0.717, 1.165) is 16.5 Å². The van der Waals surface area contributed by atoms with Crippen LogP contribution >= 0.6 is 0 Å². The van der Waals surface area contributed by atoms with Gasteiger partial charge in [0.05, 0.1) is 0 Å². The Morgan fingerprint density at radius 1 is 0.609 bits per heavy atom. The van der Waals surface area contributed by atoms with Crippen molar-refractivity contribution in [2.75, 3.05) is 0 Å². The first-order valence-corrected chi connectivity index (χ1v) is 7.61. The van der Waals surface area contributed by atoms with E-state index >= 15 is 0 Å². The Kier molecular flexibility index (Phi) is 3.38. The van der Waals surface area contributed by atoms with Gasteiger partial charge < -0.3 is 10.0 Å². The zero-order chi connectivity index (χ0) is 15.8. The first-order chi connectivity index (χ1) is 11.2. The van der Waals surface area contributed by atoms with Crippen LogP contribution in [0.5, 0.6) is 0 Å². The summed E-state index contributed by atoms with van der Waals surface area (Å²) < 4.78 is 0. The SMILES string of the molecule is OB(O)c1cccc(-c2cc3ccccc3c3ccccc23)c1. The monoisotopic (exact) mass is 298 g/mol. The van der Waals surface area contributed by atoms with Gasteiger partial charge in [0.1, 0.15) is 0 Å². The van der Waals surface area contributed by atoms with Gasteiger partial charge >= 0.3 is 7.12 Å². The molecule has 110 valence electrons. The molecule has 0 saturated heterocycles. The molecule has 0 aromatic heterocycles. The molecular weight excluding hydrogens is 283 g/mol. The van der Waals surface area contributed by atoms with Crippen molar-refractivity contribution in [3.8, 4) is 11.1 Å². The van der Waals surface area contributed by atoms with Gasteiger partial charge in [-0.15, -0.1) is 0 Å². The van der Waals surface area contributed by atoms with Gasteiger partial charge in [-0.1, -0.05) is 72.8 Å². The van der Waals surface area contributed by atoms with Crippen molar-refractivity contribution in [3.63, 3.8) is 0 Å². The second kappa shape index (κ2) is 5.54. The Morgan fingerprint density at radius 3 is 2.09 bits per heavy atom. The summed E-state index contributed by atoms with van der Waals surface area (Å²) >= 11 is 0. The van der Waals surface area contributed by atoms with E-state index in [-0.39, 0.29) is 0 Å². The molecule has 0 saturated carbocycles. The lowest BCUT2D eigenvalue weighted by Crippen LogP contribution is -2.29. The number of fused-ring (bicyclic) bond motifs is 3. The molecule has 0 aliphatic carbocycles. The molecule has 0 aliphatic rings. The summed E-state index contributed by atoms with van der Waals surface area (Å²) in [6.45, 7) is 0. The maximum atomic E-state index is 9.44. The third-order valence-corrected chi connectivity index (χ3v) is 4.26. The lowest BCUT2D eigenvalue weighted by molar-refractivity contribution is 0.426. The van der Waals surface area contributed by atoms with E-state index in [9.17, 15) is 10.0 Å². The Labute approximate surface area is 134 Å². The van der Waals surface area contributed by atoms with Gasteiger partial charge in [-0.05, 0) is 44.2 Å². The van der Waals surface area contributed by atoms with Crippen LogP contribution in [0.2, 0.25) is 0 Å². The van der Waals surface area contributed by atoms with Crippen molar-refractivity contribution < 1.29 is 10.0 Å². The van der Waals surface area contributed by atoms with Gasteiger partial charge in [0.15, 0.2) is 0 Å². The van der Waals surface area contributed by atoms with Crippen molar-refractivity contribution in [2.24, 2.45) is 0 Å². The van der Waals surface area contributed by atoms with E-state index in [4.69, 9.17) is 0 Å². The Balaban J connectivity index is 2.07. The summed E-state index contributed by atoms with van der Waals surface area (Å²) in [5, 5.41) is 23.6. The molecule has 0 spiro atoms. The van der Waals surface area contributed by atoms with E-state index in [1.807, 2.05) is 36.4 Å². The molecule has 0 bridgehead atoms. The first-order valence-electron chi connectivity index (χ1n) is 7.61. The maximum Gasteiger partial charge on any atom is 0.488 e. The molecule has 0 aliphatic heterocycles. The van der Waals surface area contributed by atoms with E-state index < -0.39 is 7.12 Å². The number of benzene rings is 4. The summed E-state index contributed by atoms with van der Waals surface area (Å²) in [5.74, 6) is 0. The van der Waals surface area contributed by atoms with Gasteiger partial charge in [-0.3, -0.25) is 0 Å². The molecule has 0 fully saturated rings. The van der Waals surface area contributed by atoms with Crippen LogP contribution in [0.1, 0.15) is 0 Å². The van der Waals surface area contributed by atoms with E-state index in [1.54, 1.807) is 6.07 Å². The van der Waals surface area contributed by atoms with Crippen LogP contribution in [0.25, 0.3) is 32.7 Å². The summed E-state index contributed by atoms with van der Waals surface area (Å²) in [6.07, 6.45) is 0. The molecule has 0 atom stereocenters. The minimum absolute atomic E-state index is 0.500. The average Bonchev–Trinajstić information content (AvgIpc) is 2.61. The summed E-state index contributed by atoms with van der Waals surface area (Å²) in [7, 11) is -1.46. The highest BCUT2D eigenvalue weighted by Gasteiger charge is 2.13. The van der Waals surface area contributed by atoms with Crippen molar-refractivity contribution in [1.29, 1.82) is 0 Å². The number of hydrogen-bond acceptors (Lipinski definition) is 2. The number of hydrogen-bond donors (Lipinski definition) is 2. The van der Waals surface area contributed by atoms with Crippen molar-refractivity contribution >= 4 is 34.1 Å². The predicted molar refractivity (Wildman–Crippen MR) is 96.7 cm³/mol. The fourth-order valence-electron chi connectivity index (χ4n) is 3.16. The molecule has 2 N–H and O–H groups in total. The first kappa shape index (κ1) is 14.0. The largest absolute Gasteiger partial charge is 0.488 e. The van der Waals surface area contributed by atoms with E-state index in [1.165, 1.54) is 16.2 Å². The smallest absolute Gasteiger partial charge is 0.423 e. The van der Waals surface area contributed by atoms with Crippen molar-refractivity contribution in [3.05, 3.63) is 78.9 Å². The molecule has 0 unspecified atom stereocenters. The van der Waals surface area contributed by atoms with Gasteiger partial charge in [-0.25, -0.2) is 0 Å². The molecule has 0 heterocycles. The molecular formula is C20H15BO2. The summed E-state index contributed by atoms with van der Waals surface area (Å²) in [6, 6.07) is 26.2. The maximum absolute atomic E-state index is 9.44. The molecule has 0 radical (unpaired) electrons. The van der Waals surface area contributed by atoms with E-state index in [2.05, 4.69) is 36.4 Å². The van der Waals surface area contributed by atoms with E-state index in [0.29, 0.717) is 5.46 Å². The van der Waals surface area contributed by atoms with Crippen LogP contribution in [0, 0.1) is 0 Å². The number of rotatable bonds is 2. The van der Waals surface area contributed by atoms with Gasteiger partial charge in [0, 0.05) is 0 Å². The highest BCUT2D eigenvalue weighted by molar-refractivity contribution is 6.58. The van der Waals surface area contributed by atoms with Crippen molar-refractivity contribution in [1.82, 2.24) is 0 Å². The third kappa shape index (κ3) is 2.40. The van der Waals surface area contributed by atoms with Gasteiger partial charge in [-0.2, -0.15) is 0 Å². The topological polar surface area (TPSA) is 40.5 Å². The lowest BCUT2D eigenvalue weighted by Gasteiger charge is -2.12. The van der Waals surface area contributed by atoms with Crippen LogP contribution in [0.15, 0.2) is 78.9 Å². The molecule has 4 aromatic carbocycles.